The summed E-state index contributed by atoms with van der Waals surface area (Å²) in [6, 6.07) is 10.9. The van der Waals surface area contributed by atoms with Gasteiger partial charge in [-0.1, -0.05) is 6.07 Å². The summed E-state index contributed by atoms with van der Waals surface area (Å²) >= 11 is 0. The van der Waals surface area contributed by atoms with Gasteiger partial charge in [-0.3, -0.25) is 4.57 Å². The lowest BCUT2D eigenvalue weighted by atomic mass is 10.2. The van der Waals surface area contributed by atoms with E-state index in [0.29, 0.717) is 22.5 Å². The van der Waals surface area contributed by atoms with Gasteiger partial charge in [0.15, 0.2) is 0 Å². The zero-order chi connectivity index (χ0) is 16.8. The quantitative estimate of drug-likeness (QED) is 0.740. The van der Waals surface area contributed by atoms with Crippen molar-refractivity contribution in [3.63, 3.8) is 0 Å². The Kier molecular flexibility index (Phi) is 3.69. The molecule has 0 aliphatic rings. The molecule has 7 heteroatoms. The maximum absolute atomic E-state index is 13.6. The third kappa shape index (κ3) is 2.62. The highest BCUT2D eigenvalue weighted by Crippen LogP contribution is 2.24. The molecule has 0 spiro atoms. The predicted molar refractivity (Wildman–Crippen MR) is 86.6 cm³/mol. The third-order valence-electron chi connectivity index (χ3n) is 3.64. The van der Waals surface area contributed by atoms with E-state index in [4.69, 9.17) is 0 Å². The smallest absolute Gasteiger partial charge is 0.242 e. The molecule has 0 radical (unpaired) electrons. The van der Waals surface area contributed by atoms with Crippen molar-refractivity contribution in [1.29, 1.82) is 0 Å². The fourth-order valence-corrected chi connectivity index (χ4v) is 3.43. The second kappa shape index (κ2) is 5.43. The van der Waals surface area contributed by atoms with E-state index in [2.05, 4.69) is 4.98 Å². The lowest BCUT2D eigenvalue weighted by Gasteiger charge is -2.13. The van der Waals surface area contributed by atoms with Crippen molar-refractivity contribution in [3.05, 3.63) is 54.1 Å². The molecule has 120 valence electrons. The van der Waals surface area contributed by atoms with Gasteiger partial charge in [-0.25, -0.2) is 22.1 Å². The van der Waals surface area contributed by atoms with Gasteiger partial charge < -0.3 is 0 Å². The molecule has 0 unspecified atom stereocenters. The number of aryl methyl sites for hydroxylation is 1. The molecule has 0 amide bonds. The van der Waals surface area contributed by atoms with Gasteiger partial charge in [0.2, 0.25) is 10.0 Å². The summed E-state index contributed by atoms with van der Waals surface area (Å²) < 4.78 is 41.1. The number of fused-ring (bicyclic) bond motifs is 1. The Morgan fingerprint density at radius 1 is 1.13 bits per heavy atom. The Morgan fingerprint density at radius 2 is 1.87 bits per heavy atom. The van der Waals surface area contributed by atoms with Gasteiger partial charge in [-0.15, -0.1) is 0 Å². The average molecular weight is 333 g/mol. The highest BCUT2D eigenvalue weighted by atomic mass is 32.2. The Hall–Kier alpha value is -2.25. The Morgan fingerprint density at radius 3 is 2.57 bits per heavy atom. The Balaban J connectivity index is 2.25. The van der Waals surface area contributed by atoms with Crippen molar-refractivity contribution in [1.82, 2.24) is 13.9 Å². The van der Waals surface area contributed by atoms with E-state index >= 15 is 0 Å². The second-order valence-electron chi connectivity index (χ2n) is 5.41. The number of benzene rings is 2. The molecule has 0 saturated heterocycles. The van der Waals surface area contributed by atoms with Gasteiger partial charge in [0.05, 0.1) is 15.9 Å². The van der Waals surface area contributed by atoms with E-state index in [9.17, 15) is 12.8 Å². The van der Waals surface area contributed by atoms with Crippen molar-refractivity contribution in [2.45, 2.75) is 11.8 Å². The molecule has 0 aliphatic carbocycles. The van der Waals surface area contributed by atoms with Crippen molar-refractivity contribution in [2.24, 2.45) is 0 Å². The first kappa shape index (κ1) is 15.6. The number of imidazole rings is 1. The van der Waals surface area contributed by atoms with Gasteiger partial charge in [0, 0.05) is 25.8 Å². The molecule has 3 aromatic rings. The minimum Gasteiger partial charge on any atom is -0.296 e. The van der Waals surface area contributed by atoms with Crippen LogP contribution >= 0.6 is 0 Å². The van der Waals surface area contributed by atoms with Crippen LogP contribution in [0.1, 0.15) is 5.82 Å². The summed E-state index contributed by atoms with van der Waals surface area (Å²) in [6.07, 6.45) is 0. The number of hydrogen-bond acceptors (Lipinski definition) is 3. The average Bonchev–Trinajstić information content (AvgIpc) is 2.82. The number of rotatable bonds is 3. The molecular formula is C16H16FN3O2S. The van der Waals surface area contributed by atoms with E-state index in [1.165, 1.54) is 32.3 Å². The van der Waals surface area contributed by atoms with Crippen LogP contribution in [-0.2, 0) is 10.0 Å². The van der Waals surface area contributed by atoms with E-state index in [-0.39, 0.29) is 10.7 Å². The normalized spacial score (nSPS) is 12.2. The number of aromatic nitrogens is 2. The lowest BCUT2D eigenvalue weighted by molar-refractivity contribution is 0.520. The van der Waals surface area contributed by atoms with Crippen LogP contribution in [-0.4, -0.2) is 36.4 Å². The largest absolute Gasteiger partial charge is 0.296 e. The maximum Gasteiger partial charge on any atom is 0.242 e. The van der Waals surface area contributed by atoms with Crippen molar-refractivity contribution < 1.29 is 12.8 Å². The highest BCUT2D eigenvalue weighted by Gasteiger charge is 2.18. The van der Waals surface area contributed by atoms with E-state index in [1.54, 1.807) is 35.8 Å². The van der Waals surface area contributed by atoms with Gasteiger partial charge in [0.1, 0.15) is 11.6 Å². The minimum absolute atomic E-state index is 0.178. The predicted octanol–water partition coefficient (Wildman–Crippen LogP) is 2.72. The fourth-order valence-electron chi connectivity index (χ4n) is 2.49. The zero-order valence-corrected chi connectivity index (χ0v) is 13.8. The molecule has 0 bridgehead atoms. The van der Waals surface area contributed by atoms with Crippen LogP contribution in [0.15, 0.2) is 47.4 Å². The van der Waals surface area contributed by atoms with E-state index < -0.39 is 10.0 Å². The summed E-state index contributed by atoms with van der Waals surface area (Å²) in [5, 5.41) is 0. The first-order chi connectivity index (χ1) is 10.8. The summed E-state index contributed by atoms with van der Waals surface area (Å²) in [7, 11) is -0.576. The van der Waals surface area contributed by atoms with Crippen LogP contribution in [0, 0.1) is 12.7 Å². The second-order valence-corrected chi connectivity index (χ2v) is 7.56. The molecule has 0 atom stereocenters. The van der Waals surface area contributed by atoms with Crippen LogP contribution in [0.25, 0.3) is 16.7 Å². The molecule has 1 heterocycles. The van der Waals surface area contributed by atoms with Crippen LogP contribution in [0.2, 0.25) is 0 Å². The van der Waals surface area contributed by atoms with Crippen molar-refractivity contribution >= 4 is 21.1 Å². The highest BCUT2D eigenvalue weighted by molar-refractivity contribution is 7.89. The summed E-state index contributed by atoms with van der Waals surface area (Å²) in [4.78, 5) is 4.57. The molecule has 1 aromatic heterocycles. The monoisotopic (exact) mass is 333 g/mol. The third-order valence-corrected chi connectivity index (χ3v) is 5.45. The minimum atomic E-state index is -3.54. The number of halogens is 1. The van der Waals surface area contributed by atoms with Gasteiger partial charge in [-0.05, 0) is 37.3 Å². The lowest BCUT2D eigenvalue weighted by Crippen LogP contribution is -2.22. The number of nitrogens with zero attached hydrogens (tertiary/aromatic N) is 3. The van der Waals surface area contributed by atoms with Crippen molar-refractivity contribution in [2.75, 3.05) is 14.1 Å². The molecule has 23 heavy (non-hydrogen) atoms. The standard InChI is InChI=1S/C16H16FN3O2S/c1-11-18-15-8-7-12(17)9-16(15)20(11)13-5-4-6-14(10-13)23(21,22)19(2)3/h4-10H,1-3H3. The molecule has 2 aromatic carbocycles. The summed E-state index contributed by atoms with van der Waals surface area (Å²) in [6.45, 7) is 1.80. The summed E-state index contributed by atoms with van der Waals surface area (Å²) in [5.41, 5.74) is 1.88. The SMILES string of the molecule is Cc1nc2ccc(F)cc2n1-c1cccc(S(=O)(=O)N(C)C)c1. The van der Waals surface area contributed by atoms with Crippen LogP contribution in [0.4, 0.5) is 4.39 Å². The fraction of sp³-hybridized carbons (Fsp3) is 0.188. The van der Waals surface area contributed by atoms with Gasteiger partial charge >= 0.3 is 0 Å². The van der Waals surface area contributed by atoms with Crippen LogP contribution in [0.5, 0.6) is 0 Å². The first-order valence-electron chi connectivity index (χ1n) is 6.98. The van der Waals surface area contributed by atoms with Crippen molar-refractivity contribution in [3.8, 4) is 5.69 Å². The molecule has 0 fully saturated rings. The summed E-state index contributed by atoms with van der Waals surface area (Å²) in [5.74, 6) is 0.292. The Labute approximate surface area is 134 Å². The zero-order valence-electron chi connectivity index (χ0n) is 13.0. The Bertz CT molecular complexity index is 994. The van der Waals surface area contributed by atoms with Gasteiger partial charge in [-0.2, -0.15) is 0 Å². The van der Waals surface area contributed by atoms with E-state index in [0.717, 1.165) is 4.31 Å². The van der Waals surface area contributed by atoms with Crippen LogP contribution < -0.4 is 0 Å². The molecule has 0 saturated carbocycles. The molecular weight excluding hydrogens is 317 g/mol. The number of sulfonamides is 1. The molecule has 0 aliphatic heterocycles. The first-order valence-corrected chi connectivity index (χ1v) is 8.42. The molecule has 5 nitrogen and oxygen atoms in total. The van der Waals surface area contributed by atoms with Gasteiger partial charge in [0.25, 0.3) is 0 Å². The number of hydrogen-bond donors (Lipinski definition) is 0. The molecule has 3 rings (SSSR count). The van der Waals surface area contributed by atoms with E-state index in [1.807, 2.05) is 0 Å². The maximum atomic E-state index is 13.6. The van der Waals surface area contributed by atoms with Crippen LogP contribution in [0.3, 0.4) is 0 Å². The topological polar surface area (TPSA) is 55.2 Å². The molecule has 0 N–H and O–H groups in total.